The molecule has 2 nitrogen and oxygen atoms in total. The van der Waals surface area contributed by atoms with Gasteiger partial charge in [0, 0.05) is 30.0 Å². The Hall–Kier alpha value is -0.0800. The maximum absolute atomic E-state index is 5.99. The fraction of sp³-hybridized carbons (Fsp3) is 1.00. The first-order valence-corrected chi connectivity index (χ1v) is 7.98. The lowest BCUT2D eigenvalue weighted by atomic mass is 9.55. The highest BCUT2D eigenvalue weighted by molar-refractivity contribution is 5.10. The Morgan fingerprint density at radius 3 is 2.56 bits per heavy atom. The minimum Gasteiger partial charge on any atom is -0.377 e. The molecule has 0 aromatic rings. The molecule has 0 aromatic carbocycles. The van der Waals surface area contributed by atoms with Crippen LogP contribution in [0, 0.1) is 17.3 Å². The molecular formula is C16H29NO. The van der Waals surface area contributed by atoms with Crippen LogP contribution in [0.1, 0.15) is 59.3 Å². The van der Waals surface area contributed by atoms with Crippen LogP contribution < -0.4 is 5.32 Å². The van der Waals surface area contributed by atoms with Crippen molar-refractivity contribution in [2.75, 3.05) is 6.61 Å². The second-order valence-electron chi connectivity index (χ2n) is 7.40. The summed E-state index contributed by atoms with van der Waals surface area (Å²) in [5, 5.41) is 3.97. The van der Waals surface area contributed by atoms with E-state index >= 15 is 0 Å². The number of ether oxygens (including phenoxy) is 1. The van der Waals surface area contributed by atoms with Gasteiger partial charge in [-0.25, -0.2) is 0 Å². The van der Waals surface area contributed by atoms with Crippen molar-refractivity contribution in [3.05, 3.63) is 0 Å². The molecule has 0 bridgehead atoms. The summed E-state index contributed by atoms with van der Waals surface area (Å²) in [4.78, 5) is 0. The van der Waals surface area contributed by atoms with Crippen molar-refractivity contribution in [3.63, 3.8) is 0 Å². The van der Waals surface area contributed by atoms with Gasteiger partial charge in [0.05, 0.1) is 6.10 Å². The maximum atomic E-state index is 5.99. The molecule has 1 N–H and O–H groups in total. The maximum Gasteiger partial charge on any atom is 0.0684 e. The monoisotopic (exact) mass is 251 g/mol. The van der Waals surface area contributed by atoms with Crippen molar-refractivity contribution in [1.29, 1.82) is 0 Å². The second kappa shape index (κ2) is 4.79. The minimum absolute atomic E-state index is 0.331. The Morgan fingerprint density at radius 2 is 1.83 bits per heavy atom. The molecule has 104 valence electrons. The zero-order valence-electron chi connectivity index (χ0n) is 12.2. The molecule has 2 aliphatic carbocycles. The van der Waals surface area contributed by atoms with Gasteiger partial charge in [-0.3, -0.25) is 0 Å². The summed E-state index contributed by atoms with van der Waals surface area (Å²) >= 11 is 0. The smallest absolute Gasteiger partial charge is 0.0684 e. The van der Waals surface area contributed by atoms with Gasteiger partial charge in [0.25, 0.3) is 0 Å². The van der Waals surface area contributed by atoms with Crippen LogP contribution in [0.4, 0.5) is 0 Å². The van der Waals surface area contributed by atoms with Gasteiger partial charge in [0.2, 0.25) is 0 Å². The van der Waals surface area contributed by atoms with Crippen LogP contribution in [0.15, 0.2) is 0 Å². The zero-order chi connectivity index (χ0) is 12.8. The molecule has 3 fully saturated rings. The molecule has 2 saturated carbocycles. The summed E-state index contributed by atoms with van der Waals surface area (Å²) in [7, 11) is 0. The first-order valence-electron chi connectivity index (χ1n) is 7.98. The summed E-state index contributed by atoms with van der Waals surface area (Å²) in [5.41, 5.74) is 0.331. The summed E-state index contributed by atoms with van der Waals surface area (Å²) in [6.45, 7) is 8.16. The van der Waals surface area contributed by atoms with Crippen LogP contribution in [0.25, 0.3) is 0 Å². The summed E-state index contributed by atoms with van der Waals surface area (Å²) in [6, 6.07) is 1.37. The predicted molar refractivity (Wildman–Crippen MR) is 74.6 cm³/mol. The van der Waals surface area contributed by atoms with Crippen LogP contribution in [-0.4, -0.2) is 24.8 Å². The third kappa shape index (κ3) is 2.02. The van der Waals surface area contributed by atoms with E-state index in [1.165, 1.54) is 38.5 Å². The van der Waals surface area contributed by atoms with Gasteiger partial charge in [-0.2, -0.15) is 0 Å². The summed E-state index contributed by atoms with van der Waals surface area (Å²) in [5.74, 6) is 1.70. The lowest BCUT2D eigenvalue weighted by Crippen LogP contribution is -2.70. The molecule has 0 amide bonds. The Balaban J connectivity index is 1.61. The third-order valence-electron chi connectivity index (χ3n) is 5.88. The highest BCUT2D eigenvalue weighted by Crippen LogP contribution is 2.51. The predicted octanol–water partition coefficient (Wildman–Crippen LogP) is 3.36. The van der Waals surface area contributed by atoms with E-state index < -0.39 is 0 Å². The van der Waals surface area contributed by atoms with Crippen molar-refractivity contribution in [3.8, 4) is 0 Å². The molecule has 0 radical (unpaired) electrons. The number of hydrogen-bond donors (Lipinski definition) is 1. The lowest BCUT2D eigenvalue weighted by Gasteiger charge is -2.61. The van der Waals surface area contributed by atoms with Crippen molar-refractivity contribution >= 4 is 0 Å². The fourth-order valence-corrected chi connectivity index (χ4v) is 4.74. The number of hydrogen-bond acceptors (Lipinski definition) is 2. The zero-order valence-corrected chi connectivity index (χ0v) is 12.2. The van der Waals surface area contributed by atoms with Gasteiger partial charge in [-0.15, -0.1) is 0 Å². The molecule has 3 rings (SSSR count). The topological polar surface area (TPSA) is 21.3 Å². The van der Waals surface area contributed by atoms with Crippen molar-refractivity contribution in [2.45, 2.75) is 77.5 Å². The normalized spacial score (nSPS) is 41.2. The lowest BCUT2D eigenvalue weighted by molar-refractivity contribution is -0.195. The average Bonchev–Trinajstić information content (AvgIpc) is 2.89. The van der Waals surface area contributed by atoms with E-state index in [2.05, 4.69) is 26.1 Å². The minimum atomic E-state index is 0.331. The van der Waals surface area contributed by atoms with Gasteiger partial charge >= 0.3 is 0 Å². The van der Waals surface area contributed by atoms with Crippen LogP contribution >= 0.6 is 0 Å². The van der Waals surface area contributed by atoms with Crippen LogP contribution in [0.3, 0.4) is 0 Å². The van der Waals surface area contributed by atoms with Gasteiger partial charge in [0.15, 0.2) is 0 Å². The van der Waals surface area contributed by atoms with E-state index in [9.17, 15) is 0 Å². The molecular weight excluding hydrogens is 222 g/mol. The average molecular weight is 251 g/mol. The number of nitrogens with one attached hydrogen (secondary N) is 1. The molecule has 4 unspecified atom stereocenters. The molecule has 2 heteroatoms. The Morgan fingerprint density at radius 1 is 1.11 bits per heavy atom. The molecule has 0 spiro atoms. The molecule has 1 saturated heterocycles. The molecule has 1 aliphatic heterocycles. The van der Waals surface area contributed by atoms with Crippen LogP contribution in [0.2, 0.25) is 0 Å². The molecule has 4 atom stereocenters. The first kappa shape index (κ1) is 12.9. The summed E-state index contributed by atoms with van der Waals surface area (Å²) in [6.07, 6.45) is 8.90. The largest absolute Gasteiger partial charge is 0.377 e. The fourth-order valence-electron chi connectivity index (χ4n) is 4.74. The Bertz CT molecular complexity index is 295. The van der Waals surface area contributed by atoms with Gasteiger partial charge < -0.3 is 10.1 Å². The van der Waals surface area contributed by atoms with E-state index in [1.54, 1.807) is 0 Å². The molecule has 1 heterocycles. The quantitative estimate of drug-likeness (QED) is 0.830. The van der Waals surface area contributed by atoms with E-state index in [0.29, 0.717) is 23.6 Å². The highest BCUT2D eigenvalue weighted by atomic mass is 16.5. The molecule has 0 aromatic heterocycles. The second-order valence-corrected chi connectivity index (χ2v) is 7.40. The van der Waals surface area contributed by atoms with Gasteiger partial charge in [-0.1, -0.05) is 26.7 Å². The van der Waals surface area contributed by atoms with Gasteiger partial charge in [-0.05, 0) is 38.5 Å². The SMILES string of the molecule is CC(NC1C2CCCOC2C1(C)C)C1CCCC1. The van der Waals surface area contributed by atoms with Crippen molar-refractivity contribution in [2.24, 2.45) is 17.3 Å². The van der Waals surface area contributed by atoms with Crippen LogP contribution in [0.5, 0.6) is 0 Å². The standard InChI is InChI=1S/C16H29NO/c1-11(12-7-4-5-8-12)17-14-13-9-6-10-18-15(13)16(14,2)3/h11-15,17H,4-10H2,1-3H3. The first-order chi connectivity index (χ1) is 8.60. The van der Waals surface area contributed by atoms with E-state index in [4.69, 9.17) is 4.74 Å². The summed E-state index contributed by atoms with van der Waals surface area (Å²) < 4.78 is 5.99. The number of fused-ring (bicyclic) bond motifs is 1. The third-order valence-corrected chi connectivity index (χ3v) is 5.88. The van der Waals surface area contributed by atoms with E-state index in [1.807, 2.05) is 0 Å². The Kier molecular flexibility index (Phi) is 3.44. The molecule has 3 aliphatic rings. The van der Waals surface area contributed by atoms with Crippen molar-refractivity contribution in [1.82, 2.24) is 5.32 Å². The van der Waals surface area contributed by atoms with E-state index in [-0.39, 0.29) is 0 Å². The Labute approximate surface area is 112 Å². The highest BCUT2D eigenvalue weighted by Gasteiger charge is 2.58. The van der Waals surface area contributed by atoms with E-state index in [0.717, 1.165) is 18.4 Å². The van der Waals surface area contributed by atoms with Crippen molar-refractivity contribution < 1.29 is 4.74 Å². The molecule has 18 heavy (non-hydrogen) atoms. The van der Waals surface area contributed by atoms with Crippen LogP contribution in [-0.2, 0) is 4.74 Å². The van der Waals surface area contributed by atoms with Gasteiger partial charge in [0.1, 0.15) is 0 Å². The number of rotatable bonds is 3.